The Morgan fingerprint density at radius 2 is 1.60 bits per heavy atom. The molecule has 2 nitrogen and oxygen atoms in total. The molecule has 0 atom stereocenters. The van der Waals surface area contributed by atoms with Gasteiger partial charge >= 0.3 is 0 Å². The Hall–Kier alpha value is -1.02. The van der Waals surface area contributed by atoms with E-state index in [1.807, 2.05) is 0 Å². The van der Waals surface area contributed by atoms with Crippen LogP contribution in [0.4, 0.5) is 0 Å². The van der Waals surface area contributed by atoms with Gasteiger partial charge in [0.2, 0.25) is 0 Å². The zero-order valence-corrected chi connectivity index (χ0v) is 13.6. The van der Waals surface area contributed by atoms with Crippen molar-refractivity contribution in [1.82, 2.24) is 4.90 Å². The molecule has 20 heavy (non-hydrogen) atoms. The number of nitrogens with zero attached hydrogens (tertiary/aromatic N) is 1. The first-order valence-electron chi connectivity index (χ1n) is 7.88. The maximum atomic E-state index is 5.71. The van der Waals surface area contributed by atoms with Crippen LogP contribution in [0.25, 0.3) is 0 Å². The summed E-state index contributed by atoms with van der Waals surface area (Å²) in [5, 5.41) is 0. The van der Waals surface area contributed by atoms with Gasteiger partial charge in [0.25, 0.3) is 0 Å². The lowest BCUT2D eigenvalue weighted by Gasteiger charge is -2.41. The molecule has 2 rings (SSSR count). The lowest BCUT2D eigenvalue weighted by Crippen LogP contribution is -2.45. The number of hydrogen-bond acceptors (Lipinski definition) is 2. The summed E-state index contributed by atoms with van der Waals surface area (Å²) in [5.41, 5.74) is 1.77. The SMILES string of the molecule is CC(C)Oc1ccc(C2CCN(C(C)(C)C)CC2)cc1. The third-order valence-electron chi connectivity index (χ3n) is 4.17. The zero-order valence-electron chi connectivity index (χ0n) is 13.6. The van der Waals surface area contributed by atoms with Crippen LogP contribution in [-0.2, 0) is 0 Å². The van der Waals surface area contributed by atoms with Crippen LogP contribution in [0.5, 0.6) is 5.75 Å². The van der Waals surface area contributed by atoms with Gasteiger partial charge in [-0.15, -0.1) is 0 Å². The second-order valence-electron chi connectivity index (χ2n) is 7.17. The molecule has 1 saturated heterocycles. The summed E-state index contributed by atoms with van der Waals surface area (Å²) in [4.78, 5) is 2.60. The quantitative estimate of drug-likeness (QED) is 0.808. The van der Waals surface area contributed by atoms with Gasteiger partial charge in [0.05, 0.1) is 6.10 Å². The molecular weight excluding hydrogens is 246 g/mol. The fourth-order valence-corrected chi connectivity index (χ4v) is 2.97. The van der Waals surface area contributed by atoms with E-state index in [0.717, 1.165) is 5.75 Å². The maximum Gasteiger partial charge on any atom is 0.119 e. The number of likely N-dealkylation sites (tertiary alicyclic amines) is 1. The number of ether oxygens (including phenoxy) is 1. The smallest absolute Gasteiger partial charge is 0.119 e. The summed E-state index contributed by atoms with van der Waals surface area (Å²) in [7, 11) is 0. The van der Waals surface area contributed by atoms with E-state index in [9.17, 15) is 0 Å². The first kappa shape index (κ1) is 15.4. The molecule has 0 unspecified atom stereocenters. The largest absolute Gasteiger partial charge is 0.491 e. The summed E-state index contributed by atoms with van der Waals surface area (Å²) >= 11 is 0. The molecule has 1 aliphatic rings. The molecule has 1 heterocycles. The number of rotatable bonds is 3. The van der Waals surface area contributed by atoms with E-state index in [1.165, 1.54) is 31.5 Å². The average molecular weight is 275 g/mol. The summed E-state index contributed by atoms with van der Waals surface area (Å²) in [6.45, 7) is 13.5. The molecule has 1 fully saturated rings. The zero-order chi connectivity index (χ0) is 14.8. The van der Waals surface area contributed by atoms with Gasteiger partial charge < -0.3 is 4.74 Å². The van der Waals surface area contributed by atoms with Gasteiger partial charge in [0, 0.05) is 5.54 Å². The van der Waals surface area contributed by atoms with Gasteiger partial charge in [-0.25, -0.2) is 0 Å². The van der Waals surface area contributed by atoms with Gasteiger partial charge in [0.1, 0.15) is 5.75 Å². The van der Waals surface area contributed by atoms with Crippen LogP contribution in [0.1, 0.15) is 58.9 Å². The molecule has 1 aliphatic heterocycles. The lowest BCUT2D eigenvalue weighted by atomic mass is 9.87. The minimum absolute atomic E-state index is 0.246. The first-order valence-corrected chi connectivity index (χ1v) is 7.88. The van der Waals surface area contributed by atoms with Crippen LogP contribution in [-0.4, -0.2) is 29.6 Å². The molecule has 0 aliphatic carbocycles. The van der Waals surface area contributed by atoms with Crippen molar-refractivity contribution in [3.8, 4) is 5.75 Å². The van der Waals surface area contributed by atoms with Crippen LogP contribution in [0, 0.1) is 0 Å². The fourth-order valence-electron chi connectivity index (χ4n) is 2.97. The summed E-state index contributed by atoms with van der Waals surface area (Å²) in [6.07, 6.45) is 2.78. The van der Waals surface area contributed by atoms with E-state index in [-0.39, 0.29) is 6.10 Å². The van der Waals surface area contributed by atoms with Gasteiger partial charge in [-0.1, -0.05) is 12.1 Å². The standard InChI is InChI=1S/C18H29NO/c1-14(2)20-17-8-6-15(7-9-17)16-10-12-19(13-11-16)18(3,4)5/h6-9,14,16H,10-13H2,1-5H3. The van der Waals surface area contributed by atoms with E-state index in [1.54, 1.807) is 0 Å². The Morgan fingerprint density at radius 1 is 1.05 bits per heavy atom. The number of piperidine rings is 1. The van der Waals surface area contributed by atoms with Crippen molar-refractivity contribution >= 4 is 0 Å². The topological polar surface area (TPSA) is 12.5 Å². The monoisotopic (exact) mass is 275 g/mol. The first-order chi connectivity index (χ1) is 9.36. The highest BCUT2D eigenvalue weighted by atomic mass is 16.5. The van der Waals surface area contributed by atoms with E-state index in [4.69, 9.17) is 4.74 Å². The molecule has 0 bridgehead atoms. The van der Waals surface area contributed by atoms with Crippen LogP contribution in [0.2, 0.25) is 0 Å². The van der Waals surface area contributed by atoms with Crippen molar-refractivity contribution < 1.29 is 4.74 Å². The minimum atomic E-state index is 0.246. The van der Waals surface area contributed by atoms with Crippen LogP contribution < -0.4 is 4.74 Å². The van der Waals surface area contributed by atoms with Crippen molar-refractivity contribution in [2.75, 3.05) is 13.1 Å². The van der Waals surface area contributed by atoms with E-state index >= 15 is 0 Å². The average Bonchev–Trinajstić information content (AvgIpc) is 2.38. The Labute approximate surface area is 124 Å². The molecule has 1 aromatic carbocycles. The predicted octanol–water partition coefficient (Wildman–Crippen LogP) is 4.45. The van der Waals surface area contributed by atoms with Gasteiger partial charge in [-0.2, -0.15) is 0 Å². The van der Waals surface area contributed by atoms with Crippen molar-refractivity contribution in [2.24, 2.45) is 0 Å². The summed E-state index contributed by atoms with van der Waals surface area (Å²) in [6, 6.07) is 8.72. The van der Waals surface area contributed by atoms with Gasteiger partial charge in [-0.3, -0.25) is 4.90 Å². The molecule has 0 saturated carbocycles. The Morgan fingerprint density at radius 3 is 2.05 bits per heavy atom. The Bertz CT molecular complexity index is 408. The molecule has 0 amide bonds. The fraction of sp³-hybridized carbons (Fsp3) is 0.667. The highest BCUT2D eigenvalue weighted by Crippen LogP contribution is 2.31. The molecule has 0 radical (unpaired) electrons. The summed E-state index contributed by atoms with van der Waals surface area (Å²) in [5.74, 6) is 1.69. The number of hydrogen-bond donors (Lipinski definition) is 0. The van der Waals surface area contributed by atoms with Crippen molar-refractivity contribution in [1.29, 1.82) is 0 Å². The van der Waals surface area contributed by atoms with Crippen molar-refractivity contribution in [3.63, 3.8) is 0 Å². The third kappa shape index (κ3) is 3.99. The second kappa shape index (κ2) is 6.17. The Balaban J connectivity index is 1.94. The van der Waals surface area contributed by atoms with E-state index in [0.29, 0.717) is 11.5 Å². The minimum Gasteiger partial charge on any atom is -0.491 e. The predicted molar refractivity (Wildman–Crippen MR) is 85.5 cm³/mol. The lowest BCUT2D eigenvalue weighted by molar-refractivity contribution is 0.102. The third-order valence-corrected chi connectivity index (χ3v) is 4.17. The summed E-state index contributed by atoms with van der Waals surface area (Å²) < 4.78 is 5.71. The molecule has 2 heteroatoms. The molecular formula is C18H29NO. The van der Waals surface area contributed by atoms with Crippen LogP contribution in [0.15, 0.2) is 24.3 Å². The van der Waals surface area contributed by atoms with Crippen LogP contribution in [0.3, 0.4) is 0 Å². The second-order valence-corrected chi connectivity index (χ2v) is 7.17. The molecule has 0 aromatic heterocycles. The van der Waals surface area contributed by atoms with Gasteiger partial charge in [0.15, 0.2) is 0 Å². The molecule has 0 N–H and O–H groups in total. The normalized spacial score (nSPS) is 18.5. The van der Waals surface area contributed by atoms with Crippen LogP contribution >= 0.6 is 0 Å². The van der Waals surface area contributed by atoms with Gasteiger partial charge in [-0.05, 0) is 84.2 Å². The molecule has 1 aromatic rings. The van der Waals surface area contributed by atoms with Crippen molar-refractivity contribution in [2.45, 2.75) is 65.0 Å². The van der Waals surface area contributed by atoms with Crippen molar-refractivity contribution in [3.05, 3.63) is 29.8 Å². The van der Waals surface area contributed by atoms with E-state index in [2.05, 4.69) is 63.8 Å². The maximum absolute atomic E-state index is 5.71. The molecule has 0 spiro atoms. The Kier molecular flexibility index (Phi) is 4.74. The highest BCUT2D eigenvalue weighted by molar-refractivity contribution is 5.30. The highest BCUT2D eigenvalue weighted by Gasteiger charge is 2.27. The number of benzene rings is 1. The molecule has 112 valence electrons. The van der Waals surface area contributed by atoms with E-state index < -0.39 is 0 Å².